The Labute approximate surface area is 159 Å². The van der Waals surface area contributed by atoms with Gasteiger partial charge < -0.3 is 23.4 Å². The fourth-order valence-corrected chi connectivity index (χ4v) is 2.78. The summed E-state index contributed by atoms with van der Waals surface area (Å²) in [6.45, 7) is 2.75. The third-order valence-electron chi connectivity index (χ3n) is 4.10. The molecular formula is C20H27NO6. The van der Waals surface area contributed by atoms with Crippen molar-refractivity contribution in [1.29, 1.82) is 0 Å². The molecule has 0 radical (unpaired) electrons. The largest absolute Gasteiger partial charge is 0.493 e. The van der Waals surface area contributed by atoms with E-state index in [9.17, 15) is 4.79 Å². The Morgan fingerprint density at radius 1 is 1.00 bits per heavy atom. The van der Waals surface area contributed by atoms with Crippen LogP contribution in [0, 0.1) is 0 Å². The minimum absolute atomic E-state index is 0.204. The zero-order valence-corrected chi connectivity index (χ0v) is 16.3. The number of hydrogen-bond acceptors (Lipinski definition) is 7. The quantitative estimate of drug-likeness (QED) is 0.440. The maximum absolute atomic E-state index is 11.6. The number of rotatable bonds is 11. The van der Waals surface area contributed by atoms with E-state index in [1.165, 1.54) is 7.11 Å². The topological polar surface area (TPSA) is 70.4 Å². The molecule has 7 nitrogen and oxygen atoms in total. The third kappa shape index (κ3) is 6.01. The van der Waals surface area contributed by atoms with Crippen LogP contribution in [0.4, 0.5) is 0 Å². The van der Waals surface area contributed by atoms with E-state index < -0.39 is 5.97 Å². The molecule has 0 unspecified atom stereocenters. The molecule has 0 aliphatic rings. The highest BCUT2D eigenvalue weighted by molar-refractivity contribution is 5.86. The van der Waals surface area contributed by atoms with Crippen LogP contribution in [0.2, 0.25) is 0 Å². The van der Waals surface area contributed by atoms with E-state index in [0.717, 1.165) is 18.5 Å². The molecule has 0 atom stereocenters. The van der Waals surface area contributed by atoms with Crippen molar-refractivity contribution in [2.24, 2.45) is 0 Å². The fourth-order valence-electron chi connectivity index (χ4n) is 2.78. The van der Waals surface area contributed by atoms with Gasteiger partial charge >= 0.3 is 5.97 Å². The summed E-state index contributed by atoms with van der Waals surface area (Å²) in [6.07, 6.45) is 0.883. The van der Waals surface area contributed by atoms with Gasteiger partial charge in [0.2, 0.25) is 5.76 Å². The van der Waals surface area contributed by atoms with Gasteiger partial charge in [0.15, 0.2) is 11.5 Å². The maximum Gasteiger partial charge on any atom is 0.373 e. The summed E-state index contributed by atoms with van der Waals surface area (Å²) in [5, 5.41) is 0. The van der Waals surface area contributed by atoms with Crippen LogP contribution in [0.3, 0.4) is 0 Å². The first kappa shape index (κ1) is 20.8. The molecule has 2 rings (SSSR count). The highest BCUT2D eigenvalue weighted by Gasteiger charge is 2.15. The van der Waals surface area contributed by atoms with Crippen LogP contribution < -0.4 is 9.47 Å². The Bertz CT molecular complexity index is 727. The molecule has 1 heterocycles. The Kier molecular flexibility index (Phi) is 8.16. The number of carbonyl (C=O) groups is 1. The van der Waals surface area contributed by atoms with Gasteiger partial charge in [-0.2, -0.15) is 0 Å². The highest BCUT2D eigenvalue weighted by atomic mass is 16.5. The van der Waals surface area contributed by atoms with Gasteiger partial charge in [0.25, 0.3) is 0 Å². The molecule has 0 saturated carbocycles. The number of benzene rings is 1. The van der Waals surface area contributed by atoms with E-state index in [1.807, 2.05) is 18.2 Å². The molecule has 0 aliphatic heterocycles. The van der Waals surface area contributed by atoms with Crippen molar-refractivity contribution in [3.8, 4) is 11.5 Å². The lowest BCUT2D eigenvalue weighted by Gasteiger charge is -2.22. The molecule has 0 aliphatic carbocycles. The second kappa shape index (κ2) is 10.6. The van der Waals surface area contributed by atoms with Gasteiger partial charge in [0, 0.05) is 26.8 Å². The summed E-state index contributed by atoms with van der Waals surface area (Å²) >= 11 is 0. The van der Waals surface area contributed by atoms with Crippen LogP contribution in [0.5, 0.6) is 11.5 Å². The van der Waals surface area contributed by atoms with Crippen molar-refractivity contribution < 1.29 is 28.2 Å². The zero-order valence-electron chi connectivity index (χ0n) is 16.3. The predicted molar refractivity (Wildman–Crippen MR) is 100 cm³/mol. The molecule has 0 spiro atoms. The van der Waals surface area contributed by atoms with E-state index in [0.29, 0.717) is 37.0 Å². The molecule has 2 aromatic rings. The first-order valence-corrected chi connectivity index (χ1v) is 8.70. The summed E-state index contributed by atoms with van der Waals surface area (Å²) in [5.41, 5.74) is 1.09. The van der Waals surface area contributed by atoms with Crippen molar-refractivity contribution in [2.45, 2.75) is 19.5 Å². The van der Waals surface area contributed by atoms with Crippen molar-refractivity contribution in [3.63, 3.8) is 0 Å². The molecular weight excluding hydrogens is 350 g/mol. The minimum atomic E-state index is -0.480. The standard InChI is InChI=1S/C20H27NO6/c1-23-11-5-10-21(14-16-7-9-18(27-16)20(22)26-4)13-15-6-8-17(24-2)19(12-15)25-3/h6-9,12H,5,10-11,13-14H2,1-4H3. The van der Waals surface area contributed by atoms with Crippen LogP contribution in [0.25, 0.3) is 0 Å². The molecule has 0 saturated heterocycles. The summed E-state index contributed by atoms with van der Waals surface area (Å²) in [7, 11) is 6.26. The maximum atomic E-state index is 11.6. The molecule has 148 valence electrons. The lowest BCUT2D eigenvalue weighted by molar-refractivity contribution is 0.0560. The lowest BCUT2D eigenvalue weighted by atomic mass is 10.1. The zero-order chi connectivity index (χ0) is 19.6. The summed E-state index contributed by atoms with van der Waals surface area (Å²) < 4.78 is 26.1. The van der Waals surface area contributed by atoms with Crippen LogP contribution in [-0.4, -0.2) is 52.5 Å². The highest BCUT2D eigenvalue weighted by Crippen LogP contribution is 2.28. The molecule has 0 N–H and O–H groups in total. The summed E-state index contributed by atoms with van der Waals surface area (Å²) in [4.78, 5) is 13.8. The molecule has 0 amide bonds. The monoisotopic (exact) mass is 377 g/mol. The smallest absolute Gasteiger partial charge is 0.373 e. The van der Waals surface area contributed by atoms with Gasteiger partial charge in [-0.25, -0.2) is 4.79 Å². The van der Waals surface area contributed by atoms with Gasteiger partial charge in [-0.15, -0.1) is 0 Å². The molecule has 27 heavy (non-hydrogen) atoms. The SMILES string of the molecule is COCCCN(Cc1ccc(OC)c(OC)c1)Cc1ccc(C(=O)OC)o1. The van der Waals surface area contributed by atoms with E-state index >= 15 is 0 Å². The summed E-state index contributed by atoms with van der Waals surface area (Å²) in [6, 6.07) is 9.29. The molecule has 0 fully saturated rings. The first-order valence-electron chi connectivity index (χ1n) is 8.70. The first-order chi connectivity index (χ1) is 13.1. The molecule has 1 aromatic heterocycles. The number of methoxy groups -OCH3 is 4. The second-order valence-electron chi connectivity index (χ2n) is 6.00. The normalized spacial score (nSPS) is 10.9. The predicted octanol–water partition coefficient (Wildman–Crippen LogP) is 3.12. The minimum Gasteiger partial charge on any atom is -0.493 e. The fraction of sp³-hybridized carbons (Fsp3) is 0.450. The number of carbonyl (C=O) groups excluding carboxylic acids is 1. The van der Waals surface area contributed by atoms with E-state index in [-0.39, 0.29) is 5.76 Å². The Hall–Kier alpha value is -2.51. The molecule has 0 bridgehead atoms. The van der Waals surface area contributed by atoms with Crippen molar-refractivity contribution in [2.75, 3.05) is 41.6 Å². The van der Waals surface area contributed by atoms with Crippen LogP contribution >= 0.6 is 0 Å². The Balaban J connectivity index is 2.11. The third-order valence-corrected chi connectivity index (χ3v) is 4.10. The Morgan fingerprint density at radius 3 is 2.44 bits per heavy atom. The van der Waals surface area contributed by atoms with Gasteiger partial charge in [-0.05, 0) is 36.2 Å². The number of esters is 1. The number of hydrogen-bond donors (Lipinski definition) is 0. The van der Waals surface area contributed by atoms with Crippen molar-refractivity contribution in [3.05, 3.63) is 47.4 Å². The molecule has 1 aromatic carbocycles. The number of nitrogens with zero attached hydrogens (tertiary/aromatic N) is 1. The average molecular weight is 377 g/mol. The van der Waals surface area contributed by atoms with Crippen LogP contribution in [0.15, 0.2) is 34.7 Å². The van der Waals surface area contributed by atoms with E-state index in [4.69, 9.17) is 18.6 Å². The lowest BCUT2D eigenvalue weighted by Crippen LogP contribution is -2.24. The summed E-state index contributed by atoms with van der Waals surface area (Å²) in [5.74, 6) is 1.81. The van der Waals surface area contributed by atoms with Gasteiger partial charge in [-0.3, -0.25) is 4.90 Å². The number of ether oxygens (including phenoxy) is 4. The van der Waals surface area contributed by atoms with Crippen molar-refractivity contribution in [1.82, 2.24) is 4.90 Å². The second-order valence-corrected chi connectivity index (χ2v) is 6.00. The van der Waals surface area contributed by atoms with E-state index in [2.05, 4.69) is 9.64 Å². The number of furan rings is 1. The Morgan fingerprint density at radius 2 is 1.78 bits per heavy atom. The van der Waals surface area contributed by atoms with Crippen LogP contribution in [-0.2, 0) is 22.6 Å². The van der Waals surface area contributed by atoms with Gasteiger partial charge in [0.05, 0.1) is 27.9 Å². The van der Waals surface area contributed by atoms with E-state index in [1.54, 1.807) is 33.5 Å². The molecule has 7 heteroatoms. The van der Waals surface area contributed by atoms with Crippen molar-refractivity contribution >= 4 is 5.97 Å². The van der Waals surface area contributed by atoms with Gasteiger partial charge in [-0.1, -0.05) is 6.07 Å². The van der Waals surface area contributed by atoms with Crippen LogP contribution in [0.1, 0.15) is 28.3 Å². The van der Waals surface area contributed by atoms with Gasteiger partial charge in [0.1, 0.15) is 5.76 Å². The average Bonchev–Trinajstić information content (AvgIpc) is 3.15.